The number of halogens is 3. The van der Waals surface area contributed by atoms with Crippen molar-refractivity contribution < 1.29 is 17.7 Å². The lowest BCUT2D eigenvalue weighted by atomic mass is 10.2. The van der Waals surface area contributed by atoms with Crippen molar-refractivity contribution in [1.82, 2.24) is 14.9 Å². The highest BCUT2D eigenvalue weighted by Gasteiger charge is 2.37. The Morgan fingerprint density at radius 3 is 2.55 bits per heavy atom. The van der Waals surface area contributed by atoms with E-state index < -0.39 is 17.3 Å². The molecule has 0 aliphatic heterocycles. The van der Waals surface area contributed by atoms with Gasteiger partial charge >= 0.3 is 6.18 Å². The SMILES string of the molecule is Cc1noc(C)c1Cn1nc(C2CC2)cc(C(F)(F)F)c1=O. The Hall–Kier alpha value is -2.12. The molecule has 0 amide bonds. The minimum Gasteiger partial charge on any atom is -0.361 e. The standard InChI is InChI=1S/C14H14F3N3O2/c1-7-10(8(2)22-19-7)6-20-13(21)11(14(15,16)17)5-12(18-20)9-3-4-9/h5,9H,3-4,6H2,1-2H3. The number of hydrogen-bond acceptors (Lipinski definition) is 4. The van der Waals surface area contributed by atoms with E-state index in [1.165, 1.54) is 0 Å². The Balaban J connectivity index is 2.10. The number of alkyl halides is 3. The molecule has 0 N–H and O–H groups in total. The molecular weight excluding hydrogens is 299 g/mol. The fraction of sp³-hybridized carbons (Fsp3) is 0.500. The van der Waals surface area contributed by atoms with Crippen molar-refractivity contribution in [3.8, 4) is 0 Å². The average Bonchev–Trinajstić information content (AvgIpc) is 3.22. The third kappa shape index (κ3) is 2.65. The number of aromatic nitrogens is 3. The zero-order valence-electron chi connectivity index (χ0n) is 12.1. The summed E-state index contributed by atoms with van der Waals surface area (Å²) >= 11 is 0. The van der Waals surface area contributed by atoms with Crippen LogP contribution in [-0.4, -0.2) is 14.9 Å². The van der Waals surface area contributed by atoms with Gasteiger partial charge in [0.25, 0.3) is 5.56 Å². The highest BCUT2D eigenvalue weighted by atomic mass is 19.4. The van der Waals surface area contributed by atoms with Crippen molar-refractivity contribution in [2.45, 2.75) is 45.3 Å². The lowest BCUT2D eigenvalue weighted by Crippen LogP contribution is -2.32. The molecule has 1 fully saturated rings. The number of nitrogens with zero attached hydrogens (tertiary/aromatic N) is 3. The molecule has 8 heteroatoms. The quantitative estimate of drug-likeness (QED) is 0.874. The van der Waals surface area contributed by atoms with Crippen LogP contribution >= 0.6 is 0 Å². The van der Waals surface area contributed by atoms with Crippen LogP contribution in [0.4, 0.5) is 13.2 Å². The van der Waals surface area contributed by atoms with Gasteiger partial charge in [-0.25, -0.2) is 4.68 Å². The second-order valence-electron chi connectivity index (χ2n) is 5.52. The smallest absolute Gasteiger partial charge is 0.361 e. The van der Waals surface area contributed by atoms with E-state index in [0.29, 0.717) is 22.7 Å². The highest BCUT2D eigenvalue weighted by Crippen LogP contribution is 2.40. The monoisotopic (exact) mass is 313 g/mol. The molecule has 1 saturated carbocycles. The zero-order chi connectivity index (χ0) is 16.1. The van der Waals surface area contributed by atoms with E-state index in [0.717, 1.165) is 23.6 Å². The van der Waals surface area contributed by atoms with Gasteiger partial charge in [0.2, 0.25) is 0 Å². The molecule has 0 spiro atoms. The van der Waals surface area contributed by atoms with E-state index in [-0.39, 0.29) is 12.5 Å². The molecule has 22 heavy (non-hydrogen) atoms. The second-order valence-corrected chi connectivity index (χ2v) is 5.52. The number of rotatable bonds is 3. The maximum atomic E-state index is 13.1. The lowest BCUT2D eigenvalue weighted by Gasteiger charge is -2.12. The molecular formula is C14H14F3N3O2. The molecule has 5 nitrogen and oxygen atoms in total. The third-order valence-corrected chi connectivity index (χ3v) is 3.78. The van der Waals surface area contributed by atoms with Crippen LogP contribution in [0.3, 0.4) is 0 Å². The van der Waals surface area contributed by atoms with Crippen LogP contribution in [0.15, 0.2) is 15.4 Å². The van der Waals surface area contributed by atoms with Gasteiger partial charge in [-0.3, -0.25) is 4.79 Å². The van der Waals surface area contributed by atoms with Crippen molar-refractivity contribution in [3.63, 3.8) is 0 Å². The van der Waals surface area contributed by atoms with Gasteiger partial charge in [-0.2, -0.15) is 18.3 Å². The summed E-state index contributed by atoms with van der Waals surface area (Å²) in [6.45, 7) is 3.24. The first-order chi connectivity index (χ1) is 10.3. The fourth-order valence-corrected chi connectivity index (χ4v) is 2.33. The van der Waals surface area contributed by atoms with Crippen LogP contribution in [0.5, 0.6) is 0 Å². The molecule has 118 valence electrons. The summed E-state index contributed by atoms with van der Waals surface area (Å²) in [7, 11) is 0. The van der Waals surface area contributed by atoms with Gasteiger partial charge < -0.3 is 4.52 Å². The lowest BCUT2D eigenvalue weighted by molar-refractivity contribution is -0.139. The Kier molecular flexibility index (Phi) is 3.34. The van der Waals surface area contributed by atoms with Crippen molar-refractivity contribution in [2.24, 2.45) is 0 Å². The first kappa shape index (κ1) is 14.8. The summed E-state index contributed by atoms with van der Waals surface area (Å²) in [4.78, 5) is 12.1. The molecule has 0 radical (unpaired) electrons. The average molecular weight is 313 g/mol. The van der Waals surface area contributed by atoms with Gasteiger partial charge in [-0.15, -0.1) is 0 Å². The Bertz CT molecular complexity index is 753. The van der Waals surface area contributed by atoms with Crippen LogP contribution in [0.1, 0.15) is 47.0 Å². The van der Waals surface area contributed by atoms with Gasteiger partial charge in [-0.1, -0.05) is 5.16 Å². The van der Waals surface area contributed by atoms with Crippen LogP contribution < -0.4 is 5.56 Å². The van der Waals surface area contributed by atoms with E-state index in [2.05, 4.69) is 10.3 Å². The van der Waals surface area contributed by atoms with Gasteiger partial charge in [0.05, 0.1) is 17.9 Å². The van der Waals surface area contributed by atoms with E-state index in [1.54, 1.807) is 13.8 Å². The Morgan fingerprint density at radius 1 is 1.36 bits per heavy atom. The summed E-state index contributed by atoms with van der Waals surface area (Å²) in [5.74, 6) is 0.481. The molecule has 0 bridgehead atoms. The number of aryl methyl sites for hydroxylation is 2. The predicted octanol–water partition coefficient (Wildman–Crippen LogP) is 2.79. The van der Waals surface area contributed by atoms with Crippen LogP contribution in [0.2, 0.25) is 0 Å². The summed E-state index contributed by atoms with van der Waals surface area (Å²) in [5, 5.41) is 7.84. The molecule has 2 aromatic heterocycles. The predicted molar refractivity (Wildman–Crippen MR) is 70.6 cm³/mol. The van der Waals surface area contributed by atoms with E-state index in [9.17, 15) is 18.0 Å². The highest BCUT2D eigenvalue weighted by molar-refractivity contribution is 5.25. The molecule has 2 heterocycles. The molecule has 1 aliphatic carbocycles. The van der Waals surface area contributed by atoms with E-state index in [4.69, 9.17) is 4.52 Å². The molecule has 0 unspecified atom stereocenters. The largest absolute Gasteiger partial charge is 0.421 e. The van der Waals surface area contributed by atoms with Crippen molar-refractivity contribution in [3.05, 3.63) is 44.7 Å². The molecule has 3 rings (SSSR count). The first-order valence-corrected chi connectivity index (χ1v) is 6.88. The van der Waals surface area contributed by atoms with Gasteiger partial charge in [0.1, 0.15) is 11.3 Å². The second kappa shape index (κ2) is 4.96. The first-order valence-electron chi connectivity index (χ1n) is 6.88. The topological polar surface area (TPSA) is 60.9 Å². The minimum absolute atomic E-state index is 0.0117. The van der Waals surface area contributed by atoms with Gasteiger partial charge in [-0.05, 0) is 32.8 Å². The van der Waals surface area contributed by atoms with Crippen molar-refractivity contribution in [1.29, 1.82) is 0 Å². The summed E-state index contributed by atoms with van der Waals surface area (Å²) in [5.41, 5.74) is -0.876. The van der Waals surface area contributed by atoms with Crippen LogP contribution in [-0.2, 0) is 12.7 Å². The summed E-state index contributed by atoms with van der Waals surface area (Å²) in [6, 6.07) is 0.879. The third-order valence-electron chi connectivity index (χ3n) is 3.78. The van der Waals surface area contributed by atoms with Gasteiger partial charge in [0, 0.05) is 11.5 Å². The zero-order valence-corrected chi connectivity index (χ0v) is 12.1. The Morgan fingerprint density at radius 2 is 2.05 bits per heavy atom. The van der Waals surface area contributed by atoms with Crippen molar-refractivity contribution in [2.75, 3.05) is 0 Å². The summed E-state index contributed by atoms with van der Waals surface area (Å²) in [6.07, 6.45) is -3.09. The maximum absolute atomic E-state index is 13.1. The fourth-order valence-electron chi connectivity index (χ4n) is 2.33. The molecule has 0 atom stereocenters. The molecule has 0 aromatic carbocycles. The van der Waals surface area contributed by atoms with Crippen LogP contribution in [0, 0.1) is 13.8 Å². The molecule has 0 saturated heterocycles. The molecule has 2 aromatic rings. The molecule has 1 aliphatic rings. The Labute approximate surface area is 123 Å². The minimum atomic E-state index is -4.69. The maximum Gasteiger partial charge on any atom is 0.421 e. The van der Waals surface area contributed by atoms with E-state index >= 15 is 0 Å². The normalized spacial score (nSPS) is 15.3. The van der Waals surface area contributed by atoms with Crippen molar-refractivity contribution >= 4 is 0 Å². The van der Waals surface area contributed by atoms with Gasteiger partial charge in [0.15, 0.2) is 0 Å². The summed E-state index contributed by atoms with van der Waals surface area (Å²) < 4.78 is 45.0. The number of hydrogen-bond donors (Lipinski definition) is 0. The van der Waals surface area contributed by atoms with E-state index in [1.807, 2.05) is 0 Å². The van der Waals surface area contributed by atoms with Crippen LogP contribution in [0.25, 0.3) is 0 Å².